The monoisotopic (exact) mass is 720 g/mol. The Hall–Kier alpha value is -4.56. The van der Waals surface area contributed by atoms with Gasteiger partial charge >= 0.3 is 11.9 Å². The SMILES string of the molecule is C=C(C)C(=O)OCC(O)CN(Cc1cccc(CN(CC(O)COC(=O)C(=C)C)CC(O)COc2ccccc2)c1)CC(O)COc1ccccc1. The van der Waals surface area contributed by atoms with E-state index in [0.717, 1.165) is 11.1 Å². The van der Waals surface area contributed by atoms with Gasteiger partial charge in [0, 0.05) is 50.4 Å². The van der Waals surface area contributed by atoms with E-state index in [2.05, 4.69) is 13.2 Å². The minimum Gasteiger partial charge on any atom is -0.491 e. The number of aliphatic hydroxyl groups is 4. The first kappa shape index (κ1) is 41.9. The molecule has 0 saturated carbocycles. The van der Waals surface area contributed by atoms with Crippen LogP contribution in [0, 0.1) is 0 Å². The highest BCUT2D eigenvalue weighted by atomic mass is 16.5. The van der Waals surface area contributed by atoms with Crippen molar-refractivity contribution in [2.45, 2.75) is 51.4 Å². The molecule has 4 N–H and O–H groups in total. The number of rotatable bonds is 24. The van der Waals surface area contributed by atoms with Gasteiger partial charge in [0.25, 0.3) is 0 Å². The van der Waals surface area contributed by atoms with Gasteiger partial charge in [-0.05, 0) is 49.2 Å². The zero-order valence-electron chi connectivity index (χ0n) is 30.0. The molecule has 0 bridgehead atoms. The molecule has 3 aromatic rings. The number of para-hydroxylation sites is 2. The van der Waals surface area contributed by atoms with Crippen molar-refractivity contribution >= 4 is 11.9 Å². The van der Waals surface area contributed by atoms with Crippen molar-refractivity contribution < 1.29 is 49.0 Å². The van der Waals surface area contributed by atoms with Gasteiger partial charge in [-0.1, -0.05) is 73.8 Å². The zero-order chi connectivity index (χ0) is 37.9. The van der Waals surface area contributed by atoms with E-state index in [-0.39, 0.29) is 63.8 Å². The first-order chi connectivity index (χ1) is 24.9. The number of esters is 2. The lowest BCUT2D eigenvalue weighted by Gasteiger charge is -2.29. The number of carbonyl (C=O) groups excluding carboxylic acids is 2. The van der Waals surface area contributed by atoms with E-state index < -0.39 is 36.4 Å². The third-order valence-electron chi connectivity index (χ3n) is 7.56. The maximum Gasteiger partial charge on any atom is 0.333 e. The van der Waals surface area contributed by atoms with E-state index >= 15 is 0 Å². The average Bonchev–Trinajstić information content (AvgIpc) is 3.12. The van der Waals surface area contributed by atoms with Crippen molar-refractivity contribution in [2.75, 3.05) is 52.6 Å². The second-order valence-electron chi connectivity index (χ2n) is 12.8. The minimum absolute atomic E-state index is 0.0244. The lowest BCUT2D eigenvalue weighted by molar-refractivity contribution is -0.143. The second-order valence-corrected chi connectivity index (χ2v) is 12.8. The van der Waals surface area contributed by atoms with Crippen LogP contribution >= 0.6 is 0 Å². The van der Waals surface area contributed by atoms with Crippen molar-refractivity contribution in [3.05, 3.63) is 120 Å². The van der Waals surface area contributed by atoms with E-state index in [0.29, 0.717) is 24.6 Å². The molecule has 0 amide bonds. The Morgan fingerprint density at radius 3 is 1.25 bits per heavy atom. The standard InChI is InChI=1S/C40H52N2O10/c1-29(2)39(47)51-27-35(45)23-41(21-33(43)25-49-37-14-7-5-8-15-37)19-31-12-11-13-32(18-31)20-42(24-36(46)28-52-40(48)30(3)4)22-34(44)26-50-38-16-9-6-10-17-38/h5-18,33-36,43-46H,1,3,19-28H2,2,4H3. The molecule has 52 heavy (non-hydrogen) atoms. The van der Waals surface area contributed by atoms with Crippen LogP contribution < -0.4 is 9.47 Å². The zero-order valence-corrected chi connectivity index (χ0v) is 30.0. The van der Waals surface area contributed by atoms with Crippen LogP contribution in [0.5, 0.6) is 11.5 Å². The summed E-state index contributed by atoms with van der Waals surface area (Å²) in [6.07, 6.45) is -3.87. The summed E-state index contributed by atoms with van der Waals surface area (Å²) in [7, 11) is 0. The van der Waals surface area contributed by atoms with Crippen LogP contribution in [-0.2, 0) is 32.2 Å². The van der Waals surface area contributed by atoms with Crippen molar-refractivity contribution in [3.8, 4) is 11.5 Å². The van der Waals surface area contributed by atoms with Crippen molar-refractivity contribution in [1.29, 1.82) is 0 Å². The minimum atomic E-state index is -1.04. The fraction of sp³-hybridized carbons (Fsp3) is 0.400. The van der Waals surface area contributed by atoms with E-state index in [1.165, 1.54) is 13.8 Å². The summed E-state index contributed by atoms with van der Waals surface area (Å²) in [6, 6.07) is 25.9. The second kappa shape index (κ2) is 22.4. The topological polar surface area (TPSA) is 158 Å². The largest absolute Gasteiger partial charge is 0.491 e. The summed E-state index contributed by atoms with van der Waals surface area (Å²) < 4.78 is 21.8. The number of carbonyl (C=O) groups is 2. The molecule has 0 radical (unpaired) electrons. The highest BCUT2D eigenvalue weighted by Gasteiger charge is 2.21. The van der Waals surface area contributed by atoms with Crippen LogP contribution in [0.4, 0.5) is 0 Å². The van der Waals surface area contributed by atoms with Gasteiger partial charge in [0.05, 0.1) is 0 Å². The van der Waals surface area contributed by atoms with Gasteiger partial charge in [-0.25, -0.2) is 9.59 Å². The summed E-state index contributed by atoms with van der Waals surface area (Å²) in [5.41, 5.74) is 2.17. The van der Waals surface area contributed by atoms with Crippen molar-refractivity contribution in [2.24, 2.45) is 0 Å². The van der Waals surface area contributed by atoms with Crippen LogP contribution in [0.3, 0.4) is 0 Å². The van der Waals surface area contributed by atoms with Crippen LogP contribution in [0.1, 0.15) is 25.0 Å². The molecule has 4 atom stereocenters. The normalized spacial score (nSPS) is 13.5. The molecule has 0 spiro atoms. The number of ether oxygens (including phenoxy) is 4. The number of hydrogen-bond donors (Lipinski definition) is 4. The molecule has 12 heteroatoms. The molecule has 282 valence electrons. The van der Waals surface area contributed by atoms with Crippen molar-refractivity contribution in [3.63, 3.8) is 0 Å². The van der Waals surface area contributed by atoms with Crippen LogP contribution in [0.25, 0.3) is 0 Å². The number of hydrogen-bond acceptors (Lipinski definition) is 12. The highest BCUT2D eigenvalue weighted by Crippen LogP contribution is 2.15. The van der Waals surface area contributed by atoms with E-state index in [4.69, 9.17) is 18.9 Å². The van der Waals surface area contributed by atoms with Crippen LogP contribution in [0.15, 0.2) is 109 Å². The van der Waals surface area contributed by atoms with Gasteiger partial charge in [-0.15, -0.1) is 0 Å². The first-order valence-electron chi connectivity index (χ1n) is 17.1. The Labute approximate surface area is 306 Å². The Bertz CT molecular complexity index is 1430. The van der Waals surface area contributed by atoms with Gasteiger partial charge in [-0.2, -0.15) is 0 Å². The third-order valence-corrected chi connectivity index (χ3v) is 7.56. The fourth-order valence-corrected chi connectivity index (χ4v) is 5.16. The van der Waals surface area contributed by atoms with Crippen LogP contribution in [0.2, 0.25) is 0 Å². The van der Waals surface area contributed by atoms with E-state index in [1.54, 1.807) is 24.3 Å². The summed E-state index contributed by atoms with van der Waals surface area (Å²) in [5, 5.41) is 43.3. The Balaban J connectivity index is 1.71. The summed E-state index contributed by atoms with van der Waals surface area (Å²) in [5.74, 6) is 0.0332. The molecule has 0 aliphatic rings. The smallest absolute Gasteiger partial charge is 0.333 e. The quantitative estimate of drug-likeness (QED) is 0.0793. The Kier molecular flexibility index (Phi) is 18.0. The maximum atomic E-state index is 11.9. The molecule has 0 aromatic heterocycles. The van der Waals surface area contributed by atoms with Gasteiger partial charge in [0.2, 0.25) is 0 Å². The molecular weight excluding hydrogens is 668 g/mol. The molecule has 0 heterocycles. The molecule has 3 aromatic carbocycles. The average molecular weight is 721 g/mol. The molecule has 0 aliphatic heterocycles. The predicted octanol–water partition coefficient (Wildman–Crippen LogP) is 3.13. The first-order valence-corrected chi connectivity index (χ1v) is 17.1. The molecule has 12 nitrogen and oxygen atoms in total. The molecule has 3 rings (SSSR count). The predicted molar refractivity (Wildman–Crippen MR) is 196 cm³/mol. The summed E-state index contributed by atoms with van der Waals surface area (Å²) in [4.78, 5) is 27.5. The fourth-order valence-electron chi connectivity index (χ4n) is 5.16. The van der Waals surface area contributed by atoms with Gasteiger partial charge in [0.15, 0.2) is 0 Å². The molecule has 0 fully saturated rings. The third kappa shape index (κ3) is 16.6. The lowest BCUT2D eigenvalue weighted by atomic mass is 10.1. The van der Waals surface area contributed by atoms with Gasteiger partial charge in [-0.3, -0.25) is 9.80 Å². The molecule has 0 saturated heterocycles. The summed E-state index contributed by atoms with van der Waals surface area (Å²) in [6.45, 7) is 10.9. The molecule has 4 unspecified atom stereocenters. The number of nitrogens with zero attached hydrogens (tertiary/aromatic N) is 2. The number of aliphatic hydroxyl groups excluding tert-OH is 4. The maximum absolute atomic E-state index is 11.9. The van der Waals surface area contributed by atoms with Crippen LogP contribution in [-0.4, -0.2) is 119 Å². The van der Waals surface area contributed by atoms with Crippen molar-refractivity contribution in [1.82, 2.24) is 9.80 Å². The van der Waals surface area contributed by atoms with E-state index in [1.807, 2.05) is 70.5 Å². The lowest BCUT2D eigenvalue weighted by Crippen LogP contribution is -2.41. The van der Waals surface area contributed by atoms with Gasteiger partial charge in [0.1, 0.15) is 62.3 Å². The molecular formula is C40H52N2O10. The van der Waals surface area contributed by atoms with Gasteiger partial charge < -0.3 is 39.4 Å². The highest BCUT2D eigenvalue weighted by molar-refractivity contribution is 5.87. The number of benzene rings is 3. The molecule has 0 aliphatic carbocycles. The Morgan fingerprint density at radius 2 is 0.904 bits per heavy atom. The summed E-state index contributed by atoms with van der Waals surface area (Å²) >= 11 is 0. The van der Waals surface area contributed by atoms with E-state index in [9.17, 15) is 30.0 Å². The Morgan fingerprint density at radius 1 is 0.558 bits per heavy atom.